The summed E-state index contributed by atoms with van der Waals surface area (Å²) in [4.78, 5) is 24.6. The van der Waals surface area contributed by atoms with Crippen molar-refractivity contribution < 1.29 is 9.18 Å². The molecule has 10 heteroatoms. The second-order valence-electron chi connectivity index (χ2n) is 6.45. The number of nitrogens with one attached hydrogen (secondary N) is 3. The largest absolute Gasteiger partial charge is 0.383 e. The van der Waals surface area contributed by atoms with Crippen LogP contribution in [0.15, 0.2) is 36.9 Å². The van der Waals surface area contributed by atoms with Crippen molar-refractivity contribution in [1.29, 1.82) is 0 Å². The molecular formula is C19H17FN8O. The topological polar surface area (TPSA) is 134 Å². The van der Waals surface area contributed by atoms with Crippen LogP contribution in [0.3, 0.4) is 0 Å². The van der Waals surface area contributed by atoms with E-state index < -0.39 is 11.8 Å². The van der Waals surface area contributed by atoms with Crippen LogP contribution < -0.4 is 16.4 Å². The summed E-state index contributed by atoms with van der Waals surface area (Å²) in [5.74, 6) is -0.270. The predicted molar refractivity (Wildman–Crippen MR) is 108 cm³/mol. The van der Waals surface area contributed by atoms with Gasteiger partial charge in [-0.15, -0.1) is 0 Å². The van der Waals surface area contributed by atoms with Crippen molar-refractivity contribution in [3.05, 3.63) is 54.0 Å². The number of anilines is 3. The first-order valence-electron chi connectivity index (χ1n) is 8.67. The average molecular weight is 392 g/mol. The van der Waals surface area contributed by atoms with Crippen molar-refractivity contribution in [2.75, 3.05) is 16.4 Å². The highest BCUT2D eigenvalue weighted by Gasteiger charge is 2.17. The third-order valence-electron chi connectivity index (χ3n) is 4.47. The summed E-state index contributed by atoms with van der Waals surface area (Å²) < 4.78 is 15.3. The molecule has 2 amide bonds. The highest BCUT2D eigenvalue weighted by Crippen LogP contribution is 2.32. The summed E-state index contributed by atoms with van der Waals surface area (Å²) in [6, 6.07) is 2.64. The fraction of sp³-hybridized carbons (Fsp3) is 0.105. The zero-order valence-corrected chi connectivity index (χ0v) is 15.6. The molecule has 5 N–H and O–H groups in total. The van der Waals surface area contributed by atoms with Crippen LogP contribution in [0.5, 0.6) is 0 Å². The molecule has 0 radical (unpaired) electrons. The number of aromatic amines is 1. The van der Waals surface area contributed by atoms with E-state index in [-0.39, 0.29) is 22.7 Å². The first-order chi connectivity index (χ1) is 13.9. The molecule has 0 saturated carbocycles. The minimum absolute atomic E-state index is 0.0937. The fourth-order valence-corrected chi connectivity index (χ4v) is 2.90. The molecule has 0 unspecified atom stereocenters. The van der Waals surface area contributed by atoms with E-state index in [4.69, 9.17) is 5.73 Å². The molecule has 0 fully saturated rings. The molecule has 0 atom stereocenters. The van der Waals surface area contributed by atoms with E-state index in [1.807, 2.05) is 6.92 Å². The van der Waals surface area contributed by atoms with E-state index in [1.165, 1.54) is 24.7 Å². The maximum Gasteiger partial charge on any atom is 0.324 e. The number of hydrogen-bond donors (Lipinski definition) is 4. The number of carbonyl (C=O) groups excluding carboxylic acids is 1. The van der Waals surface area contributed by atoms with Crippen LogP contribution >= 0.6 is 0 Å². The van der Waals surface area contributed by atoms with E-state index in [0.717, 1.165) is 5.56 Å². The molecule has 0 aliphatic rings. The second kappa shape index (κ2) is 7.15. The quantitative estimate of drug-likeness (QED) is 0.422. The van der Waals surface area contributed by atoms with E-state index in [0.29, 0.717) is 22.3 Å². The summed E-state index contributed by atoms with van der Waals surface area (Å²) in [6.45, 7) is 3.60. The smallest absolute Gasteiger partial charge is 0.324 e. The Morgan fingerprint density at radius 1 is 1.17 bits per heavy atom. The molecule has 4 heterocycles. The third kappa shape index (κ3) is 3.43. The van der Waals surface area contributed by atoms with E-state index in [1.54, 1.807) is 19.2 Å². The number of aryl methyl sites for hydroxylation is 2. The molecule has 0 aromatic carbocycles. The van der Waals surface area contributed by atoms with Gasteiger partial charge >= 0.3 is 6.03 Å². The normalized spacial score (nSPS) is 10.9. The maximum atomic E-state index is 15.3. The van der Waals surface area contributed by atoms with Crippen molar-refractivity contribution in [3.63, 3.8) is 0 Å². The number of pyridine rings is 3. The van der Waals surface area contributed by atoms with Crippen molar-refractivity contribution in [2.24, 2.45) is 0 Å². The summed E-state index contributed by atoms with van der Waals surface area (Å²) in [5, 5.41) is 12.3. The van der Waals surface area contributed by atoms with Crippen molar-refractivity contribution in [2.45, 2.75) is 13.8 Å². The van der Waals surface area contributed by atoms with Crippen molar-refractivity contribution in [3.8, 4) is 11.3 Å². The number of nitrogens with zero attached hydrogens (tertiary/aromatic N) is 4. The average Bonchev–Trinajstić information content (AvgIpc) is 3.09. The summed E-state index contributed by atoms with van der Waals surface area (Å²) in [6.07, 6.45) is 6.01. The van der Waals surface area contributed by atoms with E-state index in [9.17, 15) is 4.79 Å². The van der Waals surface area contributed by atoms with Crippen LogP contribution in [0.1, 0.15) is 11.3 Å². The van der Waals surface area contributed by atoms with Gasteiger partial charge in [0.15, 0.2) is 5.82 Å². The van der Waals surface area contributed by atoms with Gasteiger partial charge in [-0.05, 0) is 31.5 Å². The minimum atomic E-state index is -0.568. The Hall–Kier alpha value is -4.08. The van der Waals surface area contributed by atoms with Gasteiger partial charge in [-0.1, -0.05) is 0 Å². The Bertz CT molecular complexity index is 1240. The van der Waals surface area contributed by atoms with Gasteiger partial charge in [0.05, 0.1) is 17.6 Å². The Morgan fingerprint density at radius 2 is 2.00 bits per heavy atom. The minimum Gasteiger partial charge on any atom is -0.383 e. The number of hydrogen-bond acceptors (Lipinski definition) is 6. The highest BCUT2D eigenvalue weighted by atomic mass is 19.1. The first-order valence-corrected chi connectivity index (χ1v) is 8.67. The molecule has 0 aliphatic carbocycles. The SMILES string of the molecule is Cc1ccncc1-c1nc(N)c2cnc(NC(=O)Nc3cn[nH]c3C)cc2c1F. The third-order valence-corrected chi connectivity index (χ3v) is 4.47. The van der Waals surface area contributed by atoms with Crippen LogP contribution in [-0.2, 0) is 0 Å². The molecule has 146 valence electrons. The molecule has 0 bridgehead atoms. The van der Waals surface area contributed by atoms with E-state index >= 15 is 4.39 Å². The lowest BCUT2D eigenvalue weighted by Gasteiger charge is -2.12. The lowest BCUT2D eigenvalue weighted by molar-refractivity contribution is 0.262. The molecule has 0 aliphatic heterocycles. The fourth-order valence-electron chi connectivity index (χ4n) is 2.90. The van der Waals surface area contributed by atoms with Gasteiger partial charge in [0.1, 0.15) is 17.3 Å². The van der Waals surface area contributed by atoms with Gasteiger partial charge in [-0.25, -0.2) is 19.2 Å². The molecule has 4 aromatic heterocycles. The summed E-state index contributed by atoms with van der Waals surface area (Å²) >= 11 is 0. The number of carbonyl (C=O) groups is 1. The van der Waals surface area contributed by atoms with Gasteiger partial charge in [0.2, 0.25) is 0 Å². The number of rotatable bonds is 3. The van der Waals surface area contributed by atoms with Gasteiger partial charge in [-0.3, -0.25) is 15.4 Å². The predicted octanol–water partition coefficient (Wildman–Crippen LogP) is 3.40. The summed E-state index contributed by atoms with van der Waals surface area (Å²) in [5.41, 5.74) is 8.70. The number of nitrogen functional groups attached to an aromatic ring is 1. The van der Waals surface area contributed by atoms with Gasteiger partial charge < -0.3 is 11.1 Å². The molecule has 4 rings (SSSR count). The highest BCUT2D eigenvalue weighted by molar-refractivity contribution is 6.01. The Balaban J connectivity index is 1.71. The van der Waals surface area contributed by atoms with Crippen molar-refractivity contribution in [1.82, 2.24) is 25.1 Å². The first kappa shape index (κ1) is 18.3. The van der Waals surface area contributed by atoms with Crippen LogP contribution in [0.25, 0.3) is 22.0 Å². The van der Waals surface area contributed by atoms with Crippen LogP contribution in [0.2, 0.25) is 0 Å². The number of urea groups is 1. The monoisotopic (exact) mass is 392 g/mol. The maximum absolute atomic E-state index is 15.3. The molecule has 9 nitrogen and oxygen atoms in total. The number of amides is 2. The lowest BCUT2D eigenvalue weighted by Crippen LogP contribution is -2.20. The zero-order chi connectivity index (χ0) is 20.5. The van der Waals surface area contributed by atoms with Crippen LogP contribution in [-0.4, -0.2) is 31.2 Å². The van der Waals surface area contributed by atoms with Gasteiger partial charge in [0.25, 0.3) is 0 Å². The molecule has 29 heavy (non-hydrogen) atoms. The van der Waals surface area contributed by atoms with Gasteiger partial charge in [-0.2, -0.15) is 5.10 Å². The molecule has 4 aromatic rings. The van der Waals surface area contributed by atoms with E-state index in [2.05, 4.69) is 35.8 Å². The zero-order valence-electron chi connectivity index (χ0n) is 15.6. The molecule has 0 spiro atoms. The standard InChI is InChI=1S/C19H17FN8O/c1-9-3-4-22-6-12(9)17-16(20)11-5-15(23-7-13(11)18(21)27-17)26-19(29)25-14-8-24-28-10(14)2/h3-8H,1-2H3,(H2,21,27)(H,24,28)(H2,23,25,26,29). The Morgan fingerprint density at radius 3 is 2.72 bits per heavy atom. The summed E-state index contributed by atoms with van der Waals surface area (Å²) in [7, 11) is 0. The second-order valence-corrected chi connectivity index (χ2v) is 6.45. The van der Waals surface area contributed by atoms with Crippen LogP contribution in [0.4, 0.5) is 26.5 Å². The Kier molecular flexibility index (Phi) is 4.51. The van der Waals surface area contributed by atoms with Crippen molar-refractivity contribution >= 4 is 34.1 Å². The number of aromatic nitrogens is 5. The number of fused-ring (bicyclic) bond motifs is 1. The Labute approximate surface area is 164 Å². The number of H-pyrrole nitrogens is 1. The number of halogens is 1. The van der Waals surface area contributed by atoms with Gasteiger partial charge in [0, 0.05) is 34.9 Å². The van der Waals surface area contributed by atoms with Crippen LogP contribution in [0, 0.1) is 19.7 Å². The molecule has 0 saturated heterocycles. The molecular weight excluding hydrogens is 375 g/mol. The lowest BCUT2D eigenvalue weighted by atomic mass is 10.0. The number of nitrogens with two attached hydrogens (primary N) is 1.